The molecule has 2 aromatic heterocycles. The van der Waals surface area contributed by atoms with Gasteiger partial charge in [0, 0.05) is 18.9 Å². The third-order valence-electron chi connectivity index (χ3n) is 5.19. The molecular formula is C14H21N5. The number of fused-ring (bicyclic) bond motifs is 1. The topological polar surface area (TPSA) is 68.2 Å². The fraction of sp³-hybridized carbons (Fsp3) is 0.571. The van der Waals surface area contributed by atoms with Crippen molar-refractivity contribution < 1.29 is 0 Å². The van der Waals surface area contributed by atoms with Gasteiger partial charge in [0.1, 0.15) is 5.82 Å². The van der Waals surface area contributed by atoms with Crippen LogP contribution in [-0.2, 0) is 0 Å². The SMILES string of the molecule is CC1(C)C(CNc2nc(N)cn3ccnc23)C1(C)C. The summed E-state index contributed by atoms with van der Waals surface area (Å²) in [5.74, 6) is 1.91. The molecule has 1 aliphatic carbocycles. The molecule has 19 heavy (non-hydrogen) atoms. The fourth-order valence-corrected chi connectivity index (χ4v) is 3.11. The number of hydrogen-bond donors (Lipinski definition) is 2. The average Bonchev–Trinajstić information content (AvgIpc) is 2.70. The van der Waals surface area contributed by atoms with Gasteiger partial charge in [0.2, 0.25) is 0 Å². The maximum Gasteiger partial charge on any atom is 0.180 e. The van der Waals surface area contributed by atoms with Crippen LogP contribution >= 0.6 is 0 Å². The number of nitrogens with two attached hydrogens (primary N) is 1. The second-order valence-corrected chi connectivity index (χ2v) is 6.55. The van der Waals surface area contributed by atoms with Crippen molar-refractivity contribution in [3.8, 4) is 0 Å². The Bertz CT molecular complexity index is 612. The smallest absolute Gasteiger partial charge is 0.180 e. The summed E-state index contributed by atoms with van der Waals surface area (Å²) >= 11 is 0. The number of rotatable bonds is 3. The summed E-state index contributed by atoms with van der Waals surface area (Å²) in [6.45, 7) is 10.2. The number of nitrogen functional groups attached to an aromatic ring is 1. The Kier molecular flexibility index (Phi) is 2.34. The van der Waals surface area contributed by atoms with Gasteiger partial charge >= 0.3 is 0 Å². The van der Waals surface area contributed by atoms with Gasteiger partial charge in [-0.15, -0.1) is 0 Å². The van der Waals surface area contributed by atoms with Crippen LogP contribution in [0.25, 0.3) is 5.65 Å². The molecule has 102 valence electrons. The largest absolute Gasteiger partial charge is 0.382 e. The van der Waals surface area contributed by atoms with E-state index >= 15 is 0 Å². The molecule has 3 N–H and O–H groups in total. The first-order chi connectivity index (χ1) is 8.84. The van der Waals surface area contributed by atoms with Crippen LogP contribution in [0.3, 0.4) is 0 Å². The molecule has 1 saturated carbocycles. The minimum atomic E-state index is 0.367. The number of hydrogen-bond acceptors (Lipinski definition) is 4. The highest BCUT2D eigenvalue weighted by Gasteiger charge is 2.64. The maximum absolute atomic E-state index is 5.81. The molecule has 0 spiro atoms. The summed E-state index contributed by atoms with van der Waals surface area (Å²) in [6.07, 6.45) is 5.41. The Hall–Kier alpha value is -1.78. The second-order valence-electron chi connectivity index (χ2n) is 6.55. The lowest BCUT2D eigenvalue weighted by molar-refractivity contribution is 0.457. The Balaban J connectivity index is 1.82. The molecule has 1 fully saturated rings. The van der Waals surface area contributed by atoms with Gasteiger partial charge in [-0.3, -0.25) is 0 Å². The summed E-state index contributed by atoms with van der Waals surface area (Å²) < 4.78 is 1.90. The van der Waals surface area contributed by atoms with Crippen molar-refractivity contribution >= 4 is 17.3 Å². The van der Waals surface area contributed by atoms with Gasteiger partial charge in [0.15, 0.2) is 11.5 Å². The van der Waals surface area contributed by atoms with Gasteiger partial charge in [0.05, 0.1) is 6.20 Å². The highest BCUT2D eigenvalue weighted by atomic mass is 15.1. The number of aromatic nitrogens is 3. The molecular weight excluding hydrogens is 238 g/mol. The van der Waals surface area contributed by atoms with Crippen LogP contribution in [0, 0.1) is 16.7 Å². The number of imidazole rings is 1. The lowest BCUT2D eigenvalue weighted by atomic mass is 10.0. The monoisotopic (exact) mass is 259 g/mol. The summed E-state index contributed by atoms with van der Waals surface area (Å²) in [6, 6.07) is 0. The number of anilines is 2. The van der Waals surface area contributed by atoms with Gasteiger partial charge in [-0.05, 0) is 16.7 Å². The van der Waals surface area contributed by atoms with Crippen molar-refractivity contribution in [2.75, 3.05) is 17.6 Å². The Morgan fingerprint density at radius 1 is 1.32 bits per heavy atom. The minimum absolute atomic E-state index is 0.367. The first-order valence-corrected chi connectivity index (χ1v) is 6.67. The van der Waals surface area contributed by atoms with Crippen LogP contribution in [-0.4, -0.2) is 20.9 Å². The zero-order valence-corrected chi connectivity index (χ0v) is 11.9. The molecule has 2 aromatic rings. The highest BCUT2D eigenvalue weighted by Crippen LogP contribution is 2.68. The zero-order chi connectivity index (χ0) is 13.8. The third kappa shape index (κ3) is 1.68. The molecule has 0 unspecified atom stereocenters. The quantitative estimate of drug-likeness (QED) is 0.888. The molecule has 0 atom stereocenters. The van der Waals surface area contributed by atoms with Gasteiger partial charge < -0.3 is 15.5 Å². The summed E-state index contributed by atoms with van der Waals surface area (Å²) in [4.78, 5) is 8.67. The molecule has 5 heteroatoms. The molecule has 5 nitrogen and oxygen atoms in total. The maximum atomic E-state index is 5.81. The number of nitrogens with zero attached hydrogens (tertiary/aromatic N) is 3. The number of nitrogens with one attached hydrogen (secondary N) is 1. The lowest BCUT2D eigenvalue weighted by Crippen LogP contribution is -2.11. The van der Waals surface area contributed by atoms with Crippen LogP contribution in [0.1, 0.15) is 27.7 Å². The first-order valence-electron chi connectivity index (χ1n) is 6.67. The molecule has 3 rings (SSSR count). The minimum Gasteiger partial charge on any atom is -0.382 e. The van der Waals surface area contributed by atoms with Crippen molar-refractivity contribution in [3.63, 3.8) is 0 Å². The molecule has 2 heterocycles. The van der Waals surface area contributed by atoms with E-state index in [4.69, 9.17) is 5.73 Å². The van der Waals surface area contributed by atoms with Crippen LogP contribution < -0.4 is 11.1 Å². The molecule has 0 aliphatic heterocycles. The normalized spacial score (nSPS) is 20.6. The molecule has 0 saturated heterocycles. The predicted octanol–water partition coefficient (Wildman–Crippen LogP) is 2.41. The molecule has 0 radical (unpaired) electrons. The van der Waals surface area contributed by atoms with Gasteiger partial charge in [-0.1, -0.05) is 27.7 Å². The van der Waals surface area contributed by atoms with Crippen molar-refractivity contribution in [2.45, 2.75) is 27.7 Å². The van der Waals surface area contributed by atoms with Crippen molar-refractivity contribution in [1.82, 2.24) is 14.4 Å². The molecule has 0 bridgehead atoms. The van der Waals surface area contributed by atoms with Crippen molar-refractivity contribution in [3.05, 3.63) is 18.6 Å². The fourth-order valence-electron chi connectivity index (χ4n) is 3.11. The van der Waals surface area contributed by atoms with Gasteiger partial charge in [-0.25, -0.2) is 9.97 Å². The zero-order valence-electron chi connectivity index (χ0n) is 11.9. The highest BCUT2D eigenvalue weighted by molar-refractivity contribution is 5.64. The summed E-state index contributed by atoms with van der Waals surface area (Å²) in [7, 11) is 0. The lowest BCUT2D eigenvalue weighted by Gasteiger charge is -2.09. The first kappa shape index (κ1) is 12.3. The third-order valence-corrected chi connectivity index (χ3v) is 5.19. The van der Waals surface area contributed by atoms with E-state index in [1.165, 1.54) is 0 Å². The molecule has 0 amide bonds. The van der Waals surface area contributed by atoms with E-state index in [-0.39, 0.29) is 0 Å². The Labute approximate surface area is 113 Å². The van der Waals surface area contributed by atoms with Gasteiger partial charge in [0.25, 0.3) is 0 Å². The van der Waals surface area contributed by atoms with Gasteiger partial charge in [-0.2, -0.15) is 0 Å². The van der Waals surface area contributed by atoms with Crippen LogP contribution in [0.2, 0.25) is 0 Å². The van der Waals surface area contributed by atoms with E-state index in [9.17, 15) is 0 Å². The second kappa shape index (κ2) is 3.62. The van der Waals surface area contributed by atoms with Crippen molar-refractivity contribution in [2.24, 2.45) is 16.7 Å². The molecule has 1 aliphatic rings. The average molecular weight is 259 g/mol. The van der Waals surface area contributed by atoms with Crippen LogP contribution in [0.5, 0.6) is 0 Å². The predicted molar refractivity (Wildman–Crippen MR) is 76.9 cm³/mol. The standard InChI is InChI=1S/C14H21N5/c1-13(2)9(14(13,3)4)7-17-11-12-16-5-6-19(12)8-10(15)18-11/h5-6,8-9H,7,15H2,1-4H3,(H,17,18). The van der Waals surface area contributed by atoms with E-state index < -0.39 is 0 Å². The summed E-state index contributed by atoms with van der Waals surface area (Å²) in [5, 5.41) is 3.41. The van der Waals surface area contributed by atoms with Crippen molar-refractivity contribution in [1.29, 1.82) is 0 Å². The van der Waals surface area contributed by atoms with E-state index in [0.29, 0.717) is 22.6 Å². The summed E-state index contributed by atoms with van der Waals surface area (Å²) in [5.41, 5.74) is 7.37. The Morgan fingerprint density at radius 3 is 2.63 bits per heavy atom. The van der Waals surface area contributed by atoms with E-state index in [1.54, 1.807) is 12.4 Å². The van der Waals surface area contributed by atoms with E-state index in [0.717, 1.165) is 18.0 Å². The Morgan fingerprint density at radius 2 is 2.00 bits per heavy atom. The van der Waals surface area contributed by atoms with Crippen LogP contribution in [0.15, 0.2) is 18.6 Å². The molecule has 0 aromatic carbocycles. The van der Waals surface area contributed by atoms with Crippen LogP contribution in [0.4, 0.5) is 11.6 Å². The van der Waals surface area contributed by atoms with E-state index in [1.807, 2.05) is 10.6 Å². The van der Waals surface area contributed by atoms with E-state index in [2.05, 4.69) is 43.0 Å².